The van der Waals surface area contributed by atoms with Crippen molar-refractivity contribution in [3.05, 3.63) is 0 Å². The second-order valence-corrected chi connectivity index (χ2v) is 9.38. The van der Waals surface area contributed by atoms with Crippen molar-refractivity contribution >= 4 is 7.82 Å². The summed E-state index contributed by atoms with van der Waals surface area (Å²) in [7, 11) is 1.93. The normalized spacial score (nSPS) is 15.9. The molecule has 0 saturated carbocycles. The van der Waals surface area contributed by atoms with Gasteiger partial charge in [-0.1, -0.05) is 58.3 Å². The third-order valence-electron chi connectivity index (χ3n) is 4.21. The van der Waals surface area contributed by atoms with Gasteiger partial charge in [0.2, 0.25) is 0 Å². The molecule has 0 fully saturated rings. The second-order valence-electron chi connectivity index (χ2n) is 7.92. The lowest BCUT2D eigenvalue weighted by Crippen LogP contribution is -2.37. The first-order valence-corrected chi connectivity index (χ1v) is 11.2. The Bertz CT molecular complexity index is 360. The van der Waals surface area contributed by atoms with E-state index in [2.05, 4.69) is 6.92 Å². The van der Waals surface area contributed by atoms with Crippen LogP contribution in [0.1, 0.15) is 64.7 Å². The number of hydrogen-bond acceptors (Lipinski definition) is 4. The number of unbranched alkanes of at least 4 members (excludes halogenated alkanes) is 7. The lowest BCUT2D eigenvalue weighted by molar-refractivity contribution is -0.870. The standard InChI is InChI=1S/C18H40NO5P/c1-5-6-7-8-9-10-11-12-13-18(16-20)17-24-25(21,22)23-15-14-19(2,3)4/h18,20H,5-17H2,1-4H3/p+1. The summed E-state index contributed by atoms with van der Waals surface area (Å²) in [5, 5.41) is 9.41. The number of rotatable bonds is 17. The number of aliphatic hydroxyl groups is 1. The zero-order chi connectivity index (χ0) is 19.2. The van der Waals surface area contributed by atoms with Gasteiger partial charge < -0.3 is 14.5 Å². The molecule has 7 heteroatoms. The highest BCUT2D eigenvalue weighted by molar-refractivity contribution is 7.47. The minimum atomic E-state index is -4.03. The molecular formula is C18H41NO5P+. The first-order chi connectivity index (χ1) is 11.7. The van der Waals surface area contributed by atoms with Gasteiger partial charge in [-0.2, -0.15) is 0 Å². The number of aliphatic hydroxyl groups excluding tert-OH is 1. The third kappa shape index (κ3) is 17.2. The number of likely N-dealkylation sites (N-methyl/N-ethyl adjacent to an activating group) is 1. The van der Waals surface area contributed by atoms with Crippen LogP contribution in [0.2, 0.25) is 0 Å². The molecule has 152 valence electrons. The SMILES string of the molecule is CCCCCCCCCCC(CO)COP(=O)(O)OCC[N+](C)(C)C. The van der Waals surface area contributed by atoms with Gasteiger partial charge in [0.05, 0.1) is 27.7 Å². The minimum Gasteiger partial charge on any atom is -0.396 e. The van der Waals surface area contributed by atoms with Crippen molar-refractivity contribution in [1.29, 1.82) is 0 Å². The van der Waals surface area contributed by atoms with E-state index in [-0.39, 0.29) is 25.7 Å². The number of phosphoric ester groups is 1. The first-order valence-electron chi connectivity index (χ1n) is 9.73. The Balaban J connectivity index is 3.80. The Morgan fingerprint density at radius 1 is 0.960 bits per heavy atom. The van der Waals surface area contributed by atoms with Crippen molar-refractivity contribution in [2.24, 2.45) is 5.92 Å². The van der Waals surface area contributed by atoms with Gasteiger partial charge in [-0.3, -0.25) is 9.05 Å². The summed E-state index contributed by atoms with van der Waals surface area (Å²) < 4.78 is 22.5. The second kappa shape index (κ2) is 14.1. The van der Waals surface area contributed by atoms with Crippen LogP contribution in [0, 0.1) is 5.92 Å². The van der Waals surface area contributed by atoms with E-state index in [0.29, 0.717) is 11.0 Å². The van der Waals surface area contributed by atoms with Crippen LogP contribution in [0.5, 0.6) is 0 Å². The quantitative estimate of drug-likeness (QED) is 0.226. The zero-order valence-electron chi connectivity index (χ0n) is 16.8. The highest BCUT2D eigenvalue weighted by Crippen LogP contribution is 2.43. The van der Waals surface area contributed by atoms with Crippen molar-refractivity contribution in [1.82, 2.24) is 0 Å². The van der Waals surface area contributed by atoms with E-state index < -0.39 is 7.82 Å². The fourth-order valence-electron chi connectivity index (χ4n) is 2.46. The zero-order valence-corrected chi connectivity index (χ0v) is 17.7. The van der Waals surface area contributed by atoms with Crippen LogP contribution in [0.15, 0.2) is 0 Å². The Morgan fingerprint density at radius 3 is 2.04 bits per heavy atom. The van der Waals surface area contributed by atoms with Crippen LogP contribution in [0.25, 0.3) is 0 Å². The van der Waals surface area contributed by atoms with Gasteiger partial charge >= 0.3 is 7.82 Å². The smallest absolute Gasteiger partial charge is 0.396 e. The van der Waals surface area contributed by atoms with Gasteiger partial charge in [-0.15, -0.1) is 0 Å². The molecule has 0 bridgehead atoms. The van der Waals surface area contributed by atoms with E-state index in [9.17, 15) is 14.6 Å². The number of nitrogens with zero attached hydrogens (tertiary/aromatic N) is 1. The molecule has 25 heavy (non-hydrogen) atoms. The molecule has 0 radical (unpaired) electrons. The maximum atomic E-state index is 11.8. The van der Waals surface area contributed by atoms with Gasteiger partial charge in [-0.25, -0.2) is 4.57 Å². The van der Waals surface area contributed by atoms with Crippen molar-refractivity contribution in [2.75, 3.05) is 47.5 Å². The van der Waals surface area contributed by atoms with Crippen LogP contribution in [0.4, 0.5) is 0 Å². The lowest BCUT2D eigenvalue weighted by atomic mass is 10.0. The van der Waals surface area contributed by atoms with Gasteiger partial charge in [0.15, 0.2) is 0 Å². The minimum absolute atomic E-state index is 0.0324. The van der Waals surface area contributed by atoms with E-state index in [1.54, 1.807) is 0 Å². The van der Waals surface area contributed by atoms with E-state index in [4.69, 9.17) is 9.05 Å². The average molecular weight is 383 g/mol. The molecule has 0 rings (SSSR count). The third-order valence-corrected chi connectivity index (χ3v) is 5.20. The molecule has 0 saturated heterocycles. The van der Waals surface area contributed by atoms with Crippen molar-refractivity contribution in [3.63, 3.8) is 0 Å². The Kier molecular flexibility index (Phi) is 14.1. The Hall–Kier alpha value is 0.0300. The van der Waals surface area contributed by atoms with E-state index in [1.165, 1.54) is 38.5 Å². The topological polar surface area (TPSA) is 76.0 Å². The van der Waals surface area contributed by atoms with Gasteiger partial charge in [0, 0.05) is 12.5 Å². The van der Waals surface area contributed by atoms with Gasteiger partial charge in [-0.05, 0) is 6.42 Å². The molecule has 6 nitrogen and oxygen atoms in total. The summed E-state index contributed by atoms with van der Waals surface area (Å²) >= 11 is 0. The van der Waals surface area contributed by atoms with Crippen LogP contribution in [-0.4, -0.2) is 62.0 Å². The summed E-state index contributed by atoms with van der Waals surface area (Å²) in [6.07, 6.45) is 10.7. The molecule has 0 aromatic carbocycles. The molecule has 0 aromatic heterocycles. The number of quaternary nitrogens is 1. The van der Waals surface area contributed by atoms with Crippen molar-refractivity contribution in [2.45, 2.75) is 64.7 Å². The van der Waals surface area contributed by atoms with Crippen LogP contribution in [-0.2, 0) is 13.6 Å². The van der Waals surface area contributed by atoms with E-state index >= 15 is 0 Å². The van der Waals surface area contributed by atoms with E-state index in [1.807, 2.05) is 21.1 Å². The van der Waals surface area contributed by atoms with Crippen LogP contribution in [0.3, 0.4) is 0 Å². The van der Waals surface area contributed by atoms with Crippen molar-refractivity contribution < 1.29 is 28.1 Å². The predicted molar refractivity (Wildman–Crippen MR) is 102 cm³/mol. The fraction of sp³-hybridized carbons (Fsp3) is 1.00. The molecule has 0 spiro atoms. The maximum Gasteiger partial charge on any atom is 0.472 e. The molecule has 2 unspecified atom stereocenters. The van der Waals surface area contributed by atoms with Crippen LogP contribution < -0.4 is 0 Å². The molecule has 0 aliphatic heterocycles. The highest BCUT2D eigenvalue weighted by Gasteiger charge is 2.24. The summed E-state index contributed by atoms with van der Waals surface area (Å²) in [6, 6.07) is 0. The van der Waals surface area contributed by atoms with E-state index in [0.717, 1.165) is 19.3 Å². The van der Waals surface area contributed by atoms with Crippen molar-refractivity contribution in [3.8, 4) is 0 Å². The largest absolute Gasteiger partial charge is 0.472 e. The molecule has 0 amide bonds. The molecule has 0 aliphatic carbocycles. The number of hydrogen-bond donors (Lipinski definition) is 2. The summed E-state index contributed by atoms with van der Waals surface area (Å²) in [5.41, 5.74) is 0. The number of phosphoric acid groups is 1. The average Bonchev–Trinajstić information content (AvgIpc) is 2.51. The molecule has 0 aromatic rings. The molecule has 2 atom stereocenters. The maximum absolute atomic E-state index is 11.8. The molecule has 0 heterocycles. The summed E-state index contributed by atoms with van der Waals surface area (Å²) in [5.74, 6) is -0.109. The fourth-order valence-corrected chi connectivity index (χ4v) is 3.25. The molecule has 2 N–H and O–H groups in total. The summed E-state index contributed by atoms with van der Waals surface area (Å²) in [6.45, 7) is 3.03. The highest BCUT2D eigenvalue weighted by atomic mass is 31.2. The first kappa shape index (κ1) is 25.0. The molecular weight excluding hydrogens is 341 g/mol. The summed E-state index contributed by atoms with van der Waals surface area (Å²) in [4.78, 5) is 9.69. The Labute approximate surface area is 154 Å². The molecule has 0 aliphatic rings. The monoisotopic (exact) mass is 382 g/mol. The van der Waals surface area contributed by atoms with Gasteiger partial charge in [0.1, 0.15) is 13.2 Å². The van der Waals surface area contributed by atoms with Gasteiger partial charge in [0.25, 0.3) is 0 Å². The van der Waals surface area contributed by atoms with Crippen LogP contribution >= 0.6 is 7.82 Å². The predicted octanol–water partition coefficient (Wildman–Crippen LogP) is 3.97. The lowest BCUT2D eigenvalue weighted by Gasteiger charge is -2.24. The Morgan fingerprint density at radius 2 is 1.52 bits per heavy atom.